The molecule has 0 amide bonds. The fraction of sp³-hybridized carbons (Fsp3) is 0.600. The predicted molar refractivity (Wildman–Crippen MR) is 62.2 cm³/mol. The van der Waals surface area contributed by atoms with Gasteiger partial charge in [0.25, 0.3) is 0 Å². The van der Waals surface area contributed by atoms with E-state index in [9.17, 15) is 0 Å². The molecule has 0 saturated carbocycles. The molecule has 0 aliphatic heterocycles. The fourth-order valence-electron chi connectivity index (χ4n) is 0.438. The Labute approximate surface area is 82.8 Å². The molecule has 2 heteroatoms. The average molecular weight is 374 g/mol. The summed E-state index contributed by atoms with van der Waals surface area (Å²) in [5.74, 6) is 5.99. The molecule has 0 heterocycles. The molecule has 0 spiro atoms. The normalized spacial score (nSPS) is 10.8. The van der Waals surface area contributed by atoms with Gasteiger partial charge < -0.3 is 0 Å². The topological polar surface area (TPSA) is 0 Å². The Hall–Kier alpha value is 0.259. The molecule has 0 aliphatic rings. The van der Waals surface area contributed by atoms with Crippen molar-refractivity contribution >= 4 is 29.2 Å². The summed E-state index contributed by atoms with van der Waals surface area (Å²) < 4.78 is 10.3. The van der Waals surface area contributed by atoms with Gasteiger partial charge in [-0.3, -0.25) is 0 Å². The summed E-state index contributed by atoms with van der Waals surface area (Å²) in [5.41, 5.74) is 3.25. The van der Waals surface area contributed by atoms with Crippen LogP contribution in [0.3, 0.4) is 0 Å². The van der Waals surface area contributed by atoms with Gasteiger partial charge in [-0.25, -0.2) is 0 Å². The molecule has 0 N–H and O–H groups in total. The van der Waals surface area contributed by atoms with Crippen LogP contribution in [-0.4, -0.2) is 29.2 Å². The summed E-state index contributed by atoms with van der Waals surface area (Å²) in [7, 11) is -1.19. The minimum atomic E-state index is -1.97. The molecule has 0 fully saturated rings. The molecule has 0 nitrogen and oxygen atoms in total. The van der Waals surface area contributed by atoms with Crippen molar-refractivity contribution in [3.63, 3.8) is 0 Å². The van der Waals surface area contributed by atoms with Crippen molar-refractivity contribution < 1.29 is 0 Å². The Morgan fingerprint density at radius 3 is 1.75 bits per heavy atom. The number of rotatable bonds is 0. The molecule has 66 valence electrons. The van der Waals surface area contributed by atoms with Crippen LogP contribution in [0.1, 0.15) is 0 Å². The molecule has 12 heavy (non-hydrogen) atoms. The third-order valence-electron chi connectivity index (χ3n) is 0.938. The second kappa shape index (κ2) is 4.48. The molecule has 0 atom stereocenters. The molecule has 0 aromatic rings. The van der Waals surface area contributed by atoms with Gasteiger partial charge in [-0.05, 0) is 0 Å². The van der Waals surface area contributed by atoms with E-state index < -0.39 is 29.2 Å². The van der Waals surface area contributed by atoms with Gasteiger partial charge in [-0.1, -0.05) is 0 Å². The number of hydrogen-bond acceptors (Lipinski definition) is 0. The fourth-order valence-corrected chi connectivity index (χ4v) is 2.58. The van der Waals surface area contributed by atoms with Crippen LogP contribution in [0.4, 0.5) is 0 Å². The van der Waals surface area contributed by atoms with E-state index in [2.05, 4.69) is 54.0 Å². The third-order valence-corrected chi connectivity index (χ3v) is 5.21. The maximum absolute atomic E-state index is 3.32. The van der Waals surface area contributed by atoms with Gasteiger partial charge in [0.15, 0.2) is 0 Å². The first-order chi connectivity index (χ1) is 5.21. The Morgan fingerprint density at radius 2 is 1.42 bits per heavy atom. The molecule has 0 aromatic heterocycles. The van der Waals surface area contributed by atoms with Crippen molar-refractivity contribution in [1.29, 1.82) is 0 Å². The molecule has 0 saturated heterocycles. The van der Waals surface area contributed by atoms with E-state index in [1.54, 1.807) is 0 Å². The monoisotopic (exact) mass is 374 g/mol. The van der Waals surface area contributed by atoms with E-state index >= 15 is 0 Å². The van der Waals surface area contributed by atoms with Crippen molar-refractivity contribution in [2.75, 3.05) is 0 Å². The molecule has 0 aromatic carbocycles. The summed E-state index contributed by atoms with van der Waals surface area (Å²) in [6.45, 7) is 6.72. The first-order valence-corrected chi connectivity index (χ1v) is 21.4. The Kier molecular flexibility index (Phi) is 4.58. The zero-order chi connectivity index (χ0) is 9.83. The van der Waals surface area contributed by atoms with Gasteiger partial charge in [-0.15, -0.1) is 0 Å². The number of hydrogen-bond donors (Lipinski definition) is 0. The van der Waals surface area contributed by atoms with Crippen molar-refractivity contribution in [1.82, 2.24) is 0 Å². The Bertz CT molecular complexity index is 227. The SMILES string of the molecule is C[Si](C)(C)C#CC#[C][Pb]([CH3])([CH3])[CH3]. The molecule has 0 aliphatic carbocycles. The van der Waals surface area contributed by atoms with Crippen LogP contribution in [0.15, 0.2) is 0 Å². The van der Waals surface area contributed by atoms with Crippen molar-refractivity contribution in [3.05, 3.63) is 0 Å². The van der Waals surface area contributed by atoms with E-state index in [1.807, 2.05) is 0 Å². The van der Waals surface area contributed by atoms with Gasteiger partial charge in [0.05, 0.1) is 0 Å². The van der Waals surface area contributed by atoms with Crippen molar-refractivity contribution in [2.24, 2.45) is 0 Å². The van der Waals surface area contributed by atoms with Gasteiger partial charge in [0.2, 0.25) is 0 Å². The van der Waals surface area contributed by atoms with Gasteiger partial charge in [0, 0.05) is 0 Å². The molecule has 0 radical (unpaired) electrons. The third kappa shape index (κ3) is 10.3. The van der Waals surface area contributed by atoms with Crippen LogP contribution in [0.2, 0.25) is 33.1 Å². The summed E-state index contributed by atoms with van der Waals surface area (Å²) in [6.07, 6.45) is 0. The predicted octanol–water partition coefficient (Wildman–Crippen LogP) is 2.75. The first kappa shape index (κ1) is 12.3. The summed E-state index contributed by atoms with van der Waals surface area (Å²) in [5, 5.41) is 0. The second-order valence-electron chi connectivity index (χ2n) is 5.00. The molecular formula is C10H18PbSi. The van der Waals surface area contributed by atoms with E-state index in [0.29, 0.717) is 0 Å². The van der Waals surface area contributed by atoms with Crippen molar-refractivity contribution in [2.45, 2.75) is 33.1 Å². The van der Waals surface area contributed by atoms with Crippen molar-refractivity contribution in [3.8, 4) is 20.9 Å². The van der Waals surface area contributed by atoms with Crippen LogP contribution in [0.5, 0.6) is 0 Å². The minimum absolute atomic E-state index is 1.19. The standard InChI is InChI=1S/C7H9Si.3CH3.Pb/c1-5-6-7-8(2,3)4;;;;/h2-4H3;3*1H3;. The van der Waals surface area contributed by atoms with Crippen LogP contribution >= 0.6 is 0 Å². The van der Waals surface area contributed by atoms with E-state index in [4.69, 9.17) is 0 Å². The van der Waals surface area contributed by atoms with Gasteiger partial charge in [0.1, 0.15) is 0 Å². The Balaban J connectivity index is 4.27. The first-order valence-electron chi connectivity index (χ1n) is 4.25. The van der Waals surface area contributed by atoms with E-state index in [1.165, 1.54) is 0 Å². The summed E-state index contributed by atoms with van der Waals surface area (Å²) >= 11 is -1.97. The summed E-state index contributed by atoms with van der Waals surface area (Å²) in [6, 6.07) is 0. The average Bonchev–Trinajstić information content (AvgIpc) is 1.76. The van der Waals surface area contributed by atoms with E-state index in [-0.39, 0.29) is 0 Å². The Morgan fingerprint density at radius 1 is 0.917 bits per heavy atom. The van der Waals surface area contributed by atoms with Crippen LogP contribution in [0.25, 0.3) is 0 Å². The maximum atomic E-state index is 3.32. The van der Waals surface area contributed by atoms with E-state index in [0.717, 1.165) is 0 Å². The molecular weight excluding hydrogens is 355 g/mol. The zero-order valence-corrected chi connectivity index (χ0v) is 13.9. The van der Waals surface area contributed by atoms with Gasteiger partial charge >= 0.3 is 83.2 Å². The van der Waals surface area contributed by atoms with Crippen LogP contribution in [0, 0.1) is 20.9 Å². The quantitative estimate of drug-likeness (QED) is 0.452. The van der Waals surface area contributed by atoms with Gasteiger partial charge in [-0.2, -0.15) is 0 Å². The zero-order valence-electron chi connectivity index (χ0n) is 9.00. The summed E-state index contributed by atoms with van der Waals surface area (Å²) in [4.78, 5) is 0. The molecule has 0 unspecified atom stereocenters. The van der Waals surface area contributed by atoms with Crippen LogP contribution < -0.4 is 0 Å². The second-order valence-corrected chi connectivity index (χ2v) is 28.2. The molecule has 0 rings (SSSR count). The molecule has 0 bridgehead atoms. The van der Waals surface area contributed by atoms with Crippen LogP contribution in [-0.2, 0) is 0 Å².